The van der Waals surface area contributed by atoms with E-state index in [2.05, 4.69) is 10.4 Å². The molecule has 2 aromatic rings. The van der Waals surface area contributed by atoms with Crippen molar-refractivity contribution in [3.8, 4) is 0 Å². The molecule has 0 fully saturated rings. The first-order chi connectivity index (χ1) is 9.58. The van der Waals surface area contributed by atoms with Crippen molar-refractivity contribution in [1.82, 2.24) is 9.78 Å². The number of carbonyl (C=O) groups excluding carboxylic acids is 1. The average molecular weight is 286 g/mol. The van der Waals surface area contributed by atoms with E-state index in [1.807, 2.05) is 24.3 Å². The van der Waals surface area contributed by atoms with Crippen LogP contribution in [0.5, 0.6) is 0 Å². The summed E-state index contributed by atoms with van der Waals surface area (Å²) in [4.78, 5) is 12.6. The lowest BCUT2D eigenvalue weighted by Gasteiger charge is -2.28. The highest BCUT2D eigenvalue weighted by Crippen LogP contribution is 2.35. The van der Waals surface area contributed by atoms with Crippen LogP contribution >= 0.6 is 12.2 Å². The number of nitrogens with zero attached hydrogens (tertiary/aromatic N) is 2. The van der Waals surface area contributed by atoms with E-state index in [1.165, 1.54) is 5.56 Å². The van der Waals surface area contributed by atoms with Gasteiger partial charge in [-0.25, -0.2) is 0 Å². The fourth-order valence-electron chi connectivity index (χ4n) is 2.46. The number of aryl methyl sites for hydroxylation is 1. The van der Waals surface area contributed by atoms with E-state index in [-0.39, 0.29) is 16.8 Å². The second kappa shape index (κ2) is 4.72. The molecule has 3 N–H and O–H groups in total. The van der Waals surface area contributed by atoms with Gasteiger partial charge in [0.05, 0.1) is 17.7 Å². The van der Waals surface area contributed by atoms with Gasteiger partial charge in [0, 0.05) is 7.05 Å². The van der Waals surface area contributed by atoms with Crippen LogP contribution in [0, 0.1) is 0 Å². The smallest absolute Gasteiger partial charge is 0.233 e. The summed E-state index contributed by atoms with van der Waals surface area (Å²) >= 11 is 4.96. The first-order valence-corrected chi connectivity index (χ1v) is 6.69. The van der Waals surface area contributed by atoms with E-state index in [0.29, 0.717) is 11.4 Å². The summed E-state index contributed by atoms with van der Waals surface area (Å²) in [5, 5.41) is 6.95. The van der Waals surface area contributed by atoms with Gasteiger partial charge < -0.3 is 11.1 Å². The maximum absolute atomic E-state index is 12.3. The monoisotopic (exact) mass is 286 g/mol. The molecule has 0 aliphatic heterocycles. The number of amides is 1. The number of carbonyl (C=O) groups is 1. The zero-order chi connectivity index (χ0) is 14.3. The Morgan fingerprint density at radius 1 is 1.50 bits per heavy atom. The lowest BCUT2D eigenvalue weighted by atomic mass is 9.77. The lowest BCUT2D eigenvalue weighted by molar-refractivity contribution is -0.118. The van der Waals surface area contributed by atoms with E-state index < -0.39 is 0 Å². The lowest BCUT2D eigenvalue weighted by Crippen LogP contribution is -2.31. The fourth-order valence-corrected chi connectivity index (χ4v) is 2.61. The van der Waals surface area contributed by atoms with Crippen molar-refractivity contribution in [2.75, 3.05) is 5.32 Å². The molecule has 5 nitrogen and oxygen atoms in total. The Morgan fingerprint density at radius 3 is 2.95 bits per heavy atom. The Labute approximate surface area is 121 Å². The number of thiocarbonyl (C=S) groups is 1. The van der Waals surface area contributed by atoms with Crippen LogP contribution in [0.4, 0.5) is 5.82 Å². The normalized spacial score (nSPS) is 16.1. The molecule has 1 aliphatic carbocycles. The standard InChI is InChI=1S/C14H14N4OS/c1-18-13(11(7-16-18)12(15)20)17-14(19)10-6-8-4-2-3-5-9(8)10/h2-5,7,10H,6H2,1H3,(H2,15,20)(H,17,19). The van der Waals surface area contributed by atoms with E-state index in [1.54, 1.807) is 17.9 Å². The number of fused-ring (bicyclic) bond motifs is 1. The van der Waals surface area contributed by atoms with Gasteiger partial charge in [-0.2, -0.15) is 5.10 Å². The highest BCUT2D eigenvalue weighted by molar-refractivity contribution is 7.80. The third-order valence-corrected chi connectivity index (χ3v) is 3.84. The summed E-state index contributed by atoms with van der Waals surface area (Å²) in [7, 11) is 1.74. The van der Waals surface area contributed by atoms with Crippen molar-refractivity contribution in [3.63, 3.8) is 0 Å². The minimum atomic E-state index is -0.111. The quantitative estimate of drug-likeness (QED) is 0.835. The molecular weight excluding hydrogens is 272 g/mol. The molecule has 0 saturated carbocycles. The highest BCUT2D eigenvalue weighted by atomic mass is 32.1. The number of anilines is 1. The highest BCUT2D eigenvalue weighted by Gasteiger charge is 2.32. The fraction of sp³-hybridized carbons (Fsp3) is 0.214. The summed E-state index contributed by atoms with van der Waals surface area (Å²) in [6, 6.07) is 7.96. The van der Waals surface area contributed by atoms with E-state index in [0.717, 1.165) is 12.0 Å². The Bertz CT molecular complexity index is 707. The van der Waals surface area contributed by atoms with E-state index in [4.69, 9.17) is 18.0 Å². The van der Waals surface area contributed by atoms with E-state index >= 15 is 0 Å². The van der Waals surface area contributed by atoms with Gasteiger partial charge in [0.1, 0.15) is 10.8 Å². The minimum Gasteiger partial charge on any atom is -0.389 e. The van der Waals surface area contributed by atoms with Crippen LogP contribution in [0.3, 0.4) is 0 Å². The SMILES string of the molecule is Cn1ncc(C(N)=S)c1NC(=O)C1Cc2ccccc21. The van der Waals surface area contributed by atoms with E-state index in [9.17, 15) is 4.79 Å². The molecule has 6 heteroatoms. The molecule has 20 heavy (non-hydrogen) atoms. The van der Waals surface area contributed by atoms with Crippen molar-refractivity contribution in [3.05, 3.63) is 47.2 Å². The van der Waals surface area contributed by atoms with Crippen molar-refractivity contribution >= 4 is 28.9 Å². The van der Waals surface area contributed by atoms with Gasteiger partial charge in [0.2, 0.25) is 5.91 Å². The zero-order valence-corrected chi connectivity index (χ0v) is 11.8. The molecular formula is C14H14N4OS. The molecule has 1 atom stereocenters. The molecule has 1 aromatic heterocycles. The van der Waals surface area contributed by atoms with Crippen molar-refractivity contribution in [2.24, 2.45) is 12.8 Å². The minimum absolute atomic E-state index is 0.0511. The molecule has 3 rings (SSSR count). The van der Waals surface area contributed by atoms with Gasteiger partial charge in [0.15, 0.2) is 0 Å². The number of aromatic nitrogens is 2. The van der Waals surface area contributed by atoms with Gasteiger partial charge in [-0.05, 0) is 17.5 Å². The maximum atomic E-state index is 12.3. The summed E-state index contributed by atoms with van der Waals surface area (Å²) in [6.07, 6.45) is 2.33. The van der Waals surface area contributed by atoms with Gasteiger partial charge in [-0.15, -0.1) is 0 Å². The van der Waals surface area contributed by atoms with Crippen LogP contribution in [0.15, 0.2) is 30.5 Å². The summed E-state index contributed by atoms with van der Waals surface area (Å²) in [6.45, 7) is 0. The summed E-state index contributed by atoms with van der Waals surface area (Å²) < 4.78 is 1.57. The second-order valence-electron chi connectivity index (χ2n) is 4.84. The number of nitrogens with two attached hydrogens (primary N) is 1. The summed E-state index contributed by atoms with van der Waals surface area (Å²) in [5.74, 6) is 0.386. The first kappa shape index (κ1) is 12.8. The molecule has 0 radical (unpaired) electrons. The van der Waals surface area contributed by atoms with Gasteiger partial charge >= 0.3 is 0 Å². The van der Waals surface area contributed by atoms with Gasteiger partial charge in [0.25, 0.3) is 0 Å². The van der Waals surface area contributed by atoms with Crippen LogP contribution in [-0.4, -0.2) is 20.7 Å². The van der Waals surface area contributed by atoms with Crippen LogP contribution in [0.2, 0.25) is 0 Å². The van der Waals surface area contributed by atoms with Crippen LogP contribution in [0.1, 0.15) is 22.6 Å². The number of hydrogen-bond donors (Lipinski definition) is 2. The van der Waals surface area contributed by atoms with Gasteiger partial charge in [-0.1, -0.05) is 36.5 Å². The van der Waals surface area contributed by atoms with Gasteiger partial charge in [-0.3, -0.25) is 9.48 Å². The Hall–Kier alpha value is -2.21. The Balaban J connectivity index is 1.82. The predicted molar refractivity (Wildman–Crippen MR) is 80.6 cm³/mol. The summed E-state index contributed by atoms with van der Waals surface area (Å²) in [5.41, 5.74) is 8.53. The van der Waals surface area contributed by atoms with Crippen LogP contribution in [-0.2, 0) is 18.3 Å². The molecule has 1 heterocycles. The first-order valence-electron chi connectivity index (χ1n) is 6.28. The molecule has 1 unspecified atom stereocenters. The Morgan fingerprint density at radius 2 is 2.25 bits per heavy atom. The molecule has 1 aromatic carbocycles. The molecule has 0 spiro atoms. The van der Waals surface area contributed by atoms with Crippen molar-refractivity contribution < 1.29 is 4.79 Å². The third-order valence-electron chi connectivity index (χ3n) is 3.62. The molecule has 102 valence electrons. The second-order valence-corrected chi connectivity index (χ2v) is 5.28. The number of benzene rings is 1. The molecule has 0 bridgehead atoms. The molecule has 1 aliphatic rings. The van der Waals surface area contributed by atoms with Crippen LogP contribution < -0.4 is 11.1 Å². The van der Waals surface area contributed by atoms with Crippen molar-refractivity contribution in [1.29, 1.82) is 0 Å². The third kappa shape index (κ3) is 1.98. The number of hydrogen-bond acceptors (Lipinski definition) is 3. The average Bonchev–Trinajstić information content (AvgIpc) is 2.73. The van der Waals surface area contributed by atoms with Crippen molar-refractivity contribution in [2.45, 2.75) is 12.3 Å². The Kier molecular flexibility index (Phi) is 3.02. The predicted octanol–water partition coefficient (Wildman–Crippen LogP) is 1.33. The maximum Gasteiger partial charge on any atom is 0.233 e. The number of rotatable bonds is 3. The number of nitrogens with one attached hydrogen (secondary N) is 1. The van der Waals surface area contributed by atoms with Crippen LogP contribution in [0.25, 0.3) is 0 Å². The molecule has 1 amide bonds. The molecule has 0 saturated heterocycles. The zero-order valence-electron chi connectivity index (χ0n) is 11.0. The topological polar surface area (TPSA) is 72.9 Å². The largest absolute Gasteiger partial charge is 0.389 e.